The van der Waals surface area contributed by atoms with Crippen molar-refractivity contribution in [3.63, 3.8) is 0 Å². The van der Waals surface area contributed by atoms with E-state index in [-0.39, 0.29) is 0 Å². The Bertz CT molecular complexity index is 715. The van der Waals surface area contributed by atoms with E-state index in [1.54, 1.807) is 24.6 Å². The Morgan fingerprint density at radius 3 is 1.00 bits per heavy atom. The third-order valence-corrected chi connectivity index (χ3v) is 13.9. The lowest BCUT2D eigenvalue weighted by molar-refractivity contribution is -0.0444. The summed E-state index contributed by atoms with van der Waals surface area (Å²) in [4.78, 5) is 0. The molecule has 0 bridgehead atoms. The molecule has 0 amide bonds. The van der Waals surface area contributed by atoms with Crippen molar-refractivity contribution in [1.29, 1.82) is 0 Å². The molecule has 0 aliphatic rings. The summed E-state index contributed by atoms with van der Waals surface area (Å²) in [5.41, 5.74) is -12.4. The Labute approximate surface area is 221 Å². The lowest BCUT2D eigenvalue weighted by Gasteiger charge is -2.28. The van der Waals surface area contributed by atoms with Gasteiger partial charge < -0.3 is 4.13 Å². The van der Waals surface area contributed by atoms with Gasteiger partial charge >= 0.3 is 11.0 Å². The number of alkyl halides is 6. The maximum Gasteiger partial charge on any atom is 0.480 e. The minimum Gasteiger partial charge on any atom is -0.421 e. The van der Waals surface area contributed by atoms with E-state index in [2.05, 4.69) is 27.7 Å². The van der Waals surface area contributed by atoms with Crippen molar-refractivity contribution < 1.29 is 43.2 Å². The number of hydrogen-bond acceptors (Lipinski definition) is 4. The number of unbranched alkanes of at least 4 members (excludes halogenated alkanes) is 9. The molecular formula is C23H46F6NO4PS2. The zero-order chi connectivity index (χ0) is 29.2. The maximum atomic E-state index is 11.4. The average Bonchev–Trinajstić information content (AvgIpc) is 2.76. The van der Waals surface area contributed by atoms with Crippen molar-refractivity contribution in [2.24, 2.45) is 0 Å². The Morgan fingerprint density at radius 1 is 0.486 bits per heavy atom. The number of rotatable bonds is 19. The Morgan fingerprint density at radius 2 is 0.784 bits per heavy atom. The molecule has 0 heterocycles. The van der Waals surface area contributed by atoms with Gasteiger partial charge in [-0.1, -0.05) is 66.2 Å². The second-order valence-corrected chi connectivity index (χ2v) is 17.2. The normalized spacial score (nSPS) is 13.4. The summed E-state index contributed by atoms with van der Waals surface area (Å²) in [7, 11) is -14.1. The Hall–Kier alpha value is -0.130. The third-order valence-electron chi connectivity index (χ3n) is 5.94. The number of sulfonamides is 2. The summed E-state index contributed by atoms with van der Waals surface area (Å²) in [6.45, 7) is 9.44. The van der Waals surface area contributed by atoms with Crippen molar-refractivity contribution in [1.82, 2.24) is 0 Å². The molecule has 5 nitrogen and oxygen atoms in total. The maximum absolute atomic E-state index is 11.4. The molecule has 0 aromatic carbocycles. The molecule has 0 spiro atoms. The van der Waals surface area contributed by atoms with E-state index in [9.17, 15) is 43.2 Å². The van der Waals surface area contributed by atoms with Crippen molar-refractivity contribution >= 4 is 27.3 Å². The summed E-state index contributed by atoms with van der Waals surface area (Å²) in [5, 5.41) is 0. The fourth-order valence-corrected chi connectivity index (χ4v) is 10.7. The molecule has 0 radical (unpaired) electrons. The summed E-state index contributed by atoms with van der Waals surface area (Å²) in [6.07, 6.45) is 25.5. The fraction of sp³-hybridized carbons (Fsp3) is 1.00. The first-order valence-corrected chi connectivity index (χ1v) is 18.6. The van der Waals surface area contributed by atoms with E-state index in [0.29, 0.717) is 0 Å². The average molecular weight is 610 g/mol. The minimum atomic E-state index is -6.72. The second-order valence-electron chi connectivity index (χ2n) is 9.33. The van der Waals surface area contributed by atoms with Crippen LogP contribution >= 0.6 is 7.26 Å². The Balaban J connectivity index is 0. The fourth-order valence-electron chi connectivity index (χ4n) is 3.98. The van der Waals surface area contributed by atoms with Crippen LogP contribution in [0, 0.1) is 0 Å². The molecule has 0 fully saturated rings. The first kappa shape index (κ1) is 39.0. The largest absolute Gasteiger partial charge is 0.480 e. The zero-order valence-corrected chi connectivity index (χ0v) is 25.2. The van der Waals surface area contributed by atoms with Crippen LogP contribution in [0.2, 0.25) is 0 Å². The van der Waals surface area contributed by atoms with Crippen molar-refractivity contribution in [2.45, 2.75) is 122 Å². The molecule has 226 valence electrons. The van der Waals surface area contributed by atoms with Gasteiger partial charge in [0.1, 0.15) is 0 Å². The topological polar surface area (TPSA) is 82.4 Å². The second kappa shape index (κ2) is 19.0. The first-order valence-electron chi connectivity index (χ1n) is 13.2. The van der Waals surface area contributed by atoms with Crippen molar-refractivity contribution in [3.05, 3.63) is 4.13 Å². The van der Waals surface area contributed by atoms with Gasteiger partial charge in [0.2, 0.25) is 0 Å². The summed E-state index contributed by atoms with van der Waals surface area (Å²) in [5.74, 6) is 0. The molecule has 0 aromatic rings. The Kier molecular flexibility index (Phi) is 20.1. The van der Waals surface area contributed by atoms with Crippen LogP contribution in [-0.2, 0) is 20.0 Å². The predicted molar refractivity (Wildman–Crippen MR) is 142 cm³/mol. The summed E-state index contributed by atoms with van der Waals surface area (Å²) < 4.78 is 109. The summed E-state index contributed by atoms with van der Waals surface area (Å²) >= 11 is 0. The minimum absolute atomic E-state index is 0.617. The first-order chi connectivity index (χ1) is 16.9. The molecule has 0 unspecified atom stereocenters. The van der Waals surface area contributed by atoms with Crippen LogP contribution in [0.25, 0.3) is 4.13 Å². The number of nitrogens with zero attached hydrogens (tertiary/aromatic N) is 1. The van der Waals surface area contributed by atoms with E-state index in [4.69, 9.17) is 0 Å². The molecule has 37 heavy (non-hydrogen) atoms. The highest BCUT2D eigenvalue weighted by molar-refractivity contribution is 8.13. The van der Waals surface area contributed by atoms with Gasteiger partial charge in [0.05, 0.1) is 24.6 Å². The monoisotopic (exact) mass is 609 g/mol. The lowest BCUT2D eigenvalue weighted by Crippen LogP contribution is -2.30. The molecular weight excluding hydrogens is 563 g/mol. The molecule has 0 atom stereocenters. The molecule has 0 aliphatic carbocycles. The van der Waals surface area contributed by atoms with E-state index < -0.39 is 38.3 Å². The zero-order valence-electron chi connectivity index (χ0n) is 22.6. The lowest BCUT2D eigenvalue weighted by atomic mass is 10.2. The molecule has 0 rings (SSSR count). The van der Waals surface area contributed by atoms with Crippen molar-refractivity contribution in [2.75, 3.05) is 24.6 Å². The van der Waals surface area contributed by atoms with E-state index in [0.717, 1.165) is 4.13 Å². The SMILES string of the molecule is CCCCCC[P+](CCC)(CCCCCC)CCCCCC.O=S(=O)([N-]S(=O)(=O)C(F)(F)F)C(F)(F)F. The van der Waals surface area contributed by atoms with Crippen LogP contribution in [0.3, 0.4) is 0 Å². The van der Waals surface area contributed by atoms with Gasteiger partial charge in [-0.3, -0.25) is 0 Å². The van der Waals surface area contributed by atoms with Gasteiger partial charge in [-0.05, 0) is 44.9 Å². The van der Waals surface area contributed by atoms with Gasteiger partial charge in [0, 0.05) is 7.26 Å². The van der Waals surface area contributed by atoms with Gasteiger partial charge in [0.15, 0.2) is 20.0 Å². The quantitative estimate of drug-likeness (QED) is 0.0830. The number of halogens is 6. The molecule has 0 aromatic heterocycles. The summed E-state index contributed by atoms with van der Waals surface area (Å²) in [6, 6.07) is 0. The third kappa shape index (κ3) is 17.2. The molecule has 0 aliphatic heterocycles. The predicted octanol–water partition coefficient (Wildman–Crippen LogP) is 9.21. The highest BCUT2D eigenvalue weighted by Gasteiger charge is 2.47. The highest BCUT2D eigenvalue weighted by Crippen LogP contribution is 2.61. The van der Waals surface area contributed by atoms with E-state index in [1.165, 1.54) is 83.5 Å². The van der Waals surface area contributed by atoms with Crippen LogP contribution in [0.5, 0.6) is 0 Å². The smallest absolute Gasteiger partial charge is 0.421 e. The van der Waals surface area contributed by atoms with Gasteiger partial charge in [-0.15, -0.1) is 0 Å². The van der Waals surface area contributed by atoms with Gasteiger partial charge in [-0.25, -0.2) is 16.8 Å². The number of hydrogen-bond donors (Lipinski definition) is 0. The highest BCUT2D eigenvalue weighted by atomic mass is 32.3. The van der Waals surface area contributed by atoms with Crippen LogP contribution in [-0.4, -0.2) is 52.5 Å². The van der Waals surface area contributed by atoms with Gasteiger partial charge in [0.25, 0.3) is 0 Å². The van der Waals surface area contributed by atoms with Crippen molar-refractivity contribution in [3.8, 4) is 0 Å². The van der Waals surface area contributed by atoms with Gasteiger partial charge in [-0.2, -0.15) is 26.3 Å². The van der Waals surface area contributed by atoms with Crippen LogP contribution in [0.4, 0.5) is 26.3 Å². The molecule has 0 N–H and O–H groups in total. The van der Waals surface area contributed by atoms with E-state index in [1.807, 2.05) is 0 Å². The molecule has 0 saturated heterocycles. The molecule has 0 saturated carbocycles. The van der Waals surface area contributed by atoms with E-state index >= 15 is 0 Å². The van der Waals surface area contributed by atoms with Crippen LogP contribution < -0.4 is 0 Å². The van der Waals surface area contributed by atoms with Crippen LogP contribution in [0.1, 0.15) is 111 Å². The molecule has 14 heteroatoms. The standard InChI is InChI=1S/C21H46P.C2F6NO4S2/c1-5-9-12-15-19-22(18-8-4,20-16-13-10-6-2)21-17-14-11-7-3;3-1(4,5)14(10,11)9-15(12,13)2(6,7)8/h5-21H2,1-4H3;/q+1;-1. The van der Waals surface area contributed by atoms with Crippen LogP contribution in [0.15, 0.2) is 0 Å².